The van der Waals surface area contributed by atoms with Gasteiger partial charge in [0.05, 0.1) is 6.04 Å². The first kappa shape index (κ1) is 14.8. The zero-order chi connectivity index (χ0) is 14.4. The standard InChI is InChI=1S/C15H23N3O2/c1-18(2)9-10-20-13-6-3-5-12(11-13)17-15(19)14-7-4-8-16-14/h3,5-6,11,14,16H,4,7-10H2,1-2H3,(H,17,19)/t14-/m0/s1. The number of ether oxygens (including phenoxy) is 1. The van der Waals surface area contributed by atoms with Crippen molar-refractivity contribution < 1.29 is 9.53 Å². The van der Waals surface area contributed by atoms with Crippen molar-refractivity contribution in [2.75, 3.05) is 39.1 Å². The Kier molecular flexibility index (Phi) is 5.38. The fraction of sp³-hybridized carbons (Fsp3) is 0.533. The van der Waals surface area contributed by atoms with Gasteiger partial charge in [0, 0.05) is 18.3 Å². The molecule has 0 aliphatic carbocycles. The Hall–Kier alpha value is -1.59. The van der Waals surface area contributed by atoms with Crippen LogP contribution in [0.15, 0.2) is 24.3 Å². The number of anilines is 1. The number of hydrogen-bond donors (Lipinski definition) is 2. The van der Waals surface area contributed by atoms with Gasteiger partial charge in [0.2, 0.25) is 5.91 Å². The summed E-state index contributed by atoms with van der Waals surface area (Å²) in [5.74, 6) is 0.817. The van der Waals surface area contributed by atoms with Crippen molar-refractivity contribution in [2.45, 2.75) is 18.9 Å². The lowest BCUT2D eigenvalue weighted by molar-refractivity contribution is -0.117. The van der Waals surface area contributed by atoms with Crippen LogP contribution in [0.3, 0.4) is 0 Å². The number of likely N-dealkylation sites (N-methyl/N-ethyl adjacent to an activating group) is 1. The second kappa shape index (κ2) is 7.26. The smallest absolute Gasteiger partial charge is 0.241 e. The van der Waals surface area contributed by atoms with Crippen LogP contribution in [0.5, 0.6) is 5.75 Å². The van der Waals surface area contributed by atoms with Crippen LogP contribution in [0.4, 0.5) is 5.69 Å². The number of carbonyl (C=O) groups excluding carboxylic acids is 1. The molecule has 5 nitrogen and oxygen atoms in total. The normalized spacial score (nSPS) is 18.2. The molecule has 0 aromatic heterocycles. The molecule has 1 aromatic carbocycles. The number of benzene rings is 1. The maximum absolute atomic E-state index is 12.0. The zero-order valence-corrected chi connectivity index (χ0v) is 12.2. The van der Waals surface area contributed by atoms with Crippen LogP contribution >= 0.6 is 0 Å². The topological polar surface area (TPSA) is 53.6 Å². The summed E-state index contributed by atoms with van der Waals surface area (Å²) in [5, 5.41) is 6.12. The highest BCUT2D eigenvalue weighted by atomic mass is 16.5. The summed E-state index contributed by atoms with van der Waals surface area (Å²) in [7, 11) is 4.02. The molecule has 1 saturated heterocycles. The Morgan fingerprint density at radius 2 is 2.35 bits per heavy atom. The van der Waals surface area contributed by atoms with E-state index in [0.29, 0.717) is 6.61 Å². The molecule has 1 atom stereocenters. The van der Waals surface area contributed by atoms with Crippen molar-refractivity contribution in [1.82, 2.24) is 10.2 Å². The predicted molar refractivity (Wildman–Crippen MR) is 80.1 cm³/mol. The van der Waals surface area contributed by atoms with Gasteiger partial charge in [0.1, 0.15) is 12.4 Å². The van der Waals surface area contributed by atoms with Crippen molar-refractivity contribution in [3.63, 3.8) is 0 Å². The number of carbonyl (C=O) groups is 1. The third-order valence-electron chi connectivity index (χ3n) is 3.29. The first-order valence-corrected chi connectivity index (χ1v) is 7.07. The maximum Gasteiger partial charge on any atom is 0.241 e. The molecular formula is C15H23N3O2. The molecular weight excluding hydrogens is 254 g/mol. The lowest BCUT2D eigenvalue weighted by Crippen LogP contribution is -2.35. The summed E-state index contributed by atoms with van der Waals surface area (Å²) in [6.45, 7) is 2.42. The van der Waals surface area contributed by atoms with E-state index in [-0.39, 0.29) is 11.9 Å². The highest BCUT2D eigenvalue weighted by Gasteiger charge is 2.21. The van der Waals surface area contributed by atoms with Crippen molar-refractivity contribution in [3.05, 3.63) is 24.3 Å². The van der Waals surface area contributed by atoms with Crippen LogP contribution in [-0.4, -0.2) is 50.6 Å². The van der Waals surface area contributed by atoms with Crippen LogP contribution in [0.25, 0.3) is 0 Å². The van der Waals surface area contributed by atoms with Crippen molar-refractivity contribution >= 4 is 11.6 Å². The highest BCUT2D eigenvalue weighted by molar-refractivity contribution is 5.95. The molecule has 2 N–H and O–H groups in total. The molecule has 1 aliphatic heterocycles. The van der Waals surface area contributed by atoms with Crippen LogP contribution in [0.1, 0.15) is 12.8 Å². The van der Waals surface area contributed by atoms with E-state index in [1.54, 1.807) is 0 Å². The maximum atomic E-state index is 12.0. The number of nitrogens with zero attached hydrogens (tertiary/aromatic N) is 1. The minimum atomic E-state index is -0.0617. The van der Waals surface area contributed by atoms with Crippen molar-refractivity contribution in [2.24, 2.45) is 0 Å². The van der Waals surface area contributed by atoms with Gasteiger partial charge >= 0.3 is 0 Å². The summed E-state index contributed by atoms with van der Waals surface area (Å²) >= 11 is 0. The number of rotatable bonds is 6. The molecule has 1 aromatic rings. The molecule has 0 radical (unpaired) electrons. The SMILES string of the molecule is CN(C)CCOc1cccc(NC(=O)[C@@H]2CCCN2)c1. The summed E-state index contributed by atoms with van der Waals surface area (Å²) in [5.41, 5.74) is 0.783. The second-order valence-corrected chi connectivity index (χ2v) is 5.32. The van der Waals surface area contributed by atoms with Crippen LogP contribution in [0, 0.1) is 0 Å². The Morgan fingerprint density at radius 1 is 1.50 bits per heavy atom. The number of amides is 1. The largest absolute Gasteiger partial charge is 0.492 e. The highest BCUT2D eigenvalue weighted by Crippen LogP contribution is 2.18. The molecule has 20 heavy (non-hydrogen) atoms. The first-order valence-electron chi connectivity index (χ1n) is 7.07. The molecule has 0 spiro atoms. The average molecular weight is 277 g/mol. The minimum Gasteiger partial charge on any atom is -0.492 e. The monoisotopic (exact) mass is 277 g/mol. The molecule has 110 valence electrons. The molecule has 0 bridgehead atoms. The van der Waals surface area contributed by atoms with Gasteiger partial charge in [-0.2, -0.15) is 0 Å². The first-order chi connectivity index (χ1) is 9.65. The van der Waals surface area contributed by atoms with E-state index in [1.807, 2.05) is 38.4 Å². The summed E-state index contributed by atoms with van der Waals surface area (Å²) in [4.78, 5) is 14.1. The van der Waals surface area contributed by atoms with E-state index >= 15 is 0 Å². The van der Waals surface area contributed by atoms with Gasteiger partial charge in [-0.15, -0.1) is 0 Å². The number of nitrogens with one attached hydrogen (secondary N) is 2. The third kappa shape index (κ3) is 4.51. The fourth-order valence-electron chi connectivity index (χ4n) is 2.15. The summed E-state index contributed by atoms with van der Waals surface area (Å²) in [6.07, 6.45) is 1.97. The lowest BCUT2D eigenvalue weighted by Gasteiger charge is -2.13. The molecule has 5 heteroatoms. The van der Waals surface area contributed by atoms with Gasteiger partial charge < -0.3 is 20.3 Å². The summed E-state index contributed by atoms with van der Waals surface area (Å²) in [6, 6.07) is 7.48. The molecule has 0 unspecified atom stereocenters. The quantitative estimate of drug-likeness (QED) is 0.823. The molecule has 2 rings (SSSR count). The average Bonchev–Trinajstić information content (AvgIpc) is 2.92. The molecule has 0 saturated carbocycles. The van der Waals surface area contributed by atoms with E-state index in [2.05, 4.69) is 15.5 Å². The van der Waals surface area contributed by atoms with Gasteiger partial charge in [-0.25, -0.2) is 0 Å². The van der Waals surface area contributed by atoms with Crippen LogP contribution in [0.2, 0.25) is 0 Å². The Balaban J connectivity index is 1.86. The van der Waals surface area contributed by atoms with Gasteiger partial charge in [0.15, 0.2) is 0 Å². The van der Waals surface area contributed by atoms with Gasteiger partial charge in [-0.1, -0.05) is 6.07 Å². The van der Waals surface area contributed by atoms with E-state index in [1.165, 1.54) is 0 Å². The van der Waals surface area contributed by atoms with Gasteiger partial charge in [-0.3, -0.25) is 4.79 Å². The third-order valence-corrected chi connectivity index (χ3v) is 3.29. The van der Waals surface area contributed by atoms with E-state index < -0.39 is 0 Å². The minimum absolute atomic E-state index is 0.0351. The van der Waals surface area contributed by atoms with Crippen LogP contribution in [-0.2, 0) is 4.79 Å². The van der Waals surface area contributed by atoms with Gasteiger partial charge in [0.25, 0.3) is 0 Å². The van der Waals surface area contributed by atoms with Crippen molar-refractivity contribution in [1.29, 1.82) is 0 Å². The fourth-order valence-corrected chi connectivity index (χ4v) is 2.15. The molecule has 1 fully saturated rings. The number of hydrogen-bond acceptors (Lipinski definition) is 4. The van der Waals surface area contributed by atoms with Crippen molar-refractivity contribution in [3.8, 4) is 5.75 Å². The lowest BCUT2D eigenvalue weighted by atomic mass is 10.2. The van der Waals surface area contributed by atoms with Gasteiger partial charge in [-0.05, 0) is 45.6 Å². The molecule has 1 aliphatic rings. The van der Waals surface area contributed by atoms with E-state index in [0.717, 1.165) is 37.4 Å². The molecule has 1 amide bonds. The van der Waals surface area contributed by atoms with Crippen LogP contribution < -0.4 is 15.4 Å². The summed E-state index contributed by atoms with van der Waals surface area (Å²) < 4.78 is 5.66. The Labute approximate surface area is 120 Å². The second-order valence-electron chi connectivity index (χ2n) is 5.32. The molecule has 1 heterocycles. The Bertz CT molecular complexity index is 442. The Morgan fingerprint density at radius 3 is 3.05 bits per heavy atom. The predicted octanol–water partition coefficient (Wildman–Crippen LogP) is 1.32. The van der Waals surface area contributed by atoms with E-state index in [4.69, 9.17) is 4.74 Å². The van der Waals surface area contributed by atoms with E-state index in [9.17, 15) is 4.79 Å². The zero-order valence-electron chi connectivity index (χ0n) is 12.2.